The third-order valence-electron chi connectivity index (χ3n) is 0.556. The van der Waals surface area contributed by atoms with Crippen LogP contribution in [0.25, 0.3) is 0 Å². The van der Waals surface area contributed by atoms with Crippen LogP contribution in [0.1, 0.15) is 20.8 Å². The second-order valence-corrected chi connectivity index (χ2v) is 5.88. The van der Waals surface area contributed by atoms with Crippen molar-refractivity contribution in [2.75, 3.05) is 0 Å². The topological polar surface area (TPSA) is 0 Å². The van der Waals surface area contributed by atoms with Crippen molar-refractivity contribution < 1.29 is 0 Å². The Morgan fingerprint density at radius 2 is 1.67 bits per heavy atom. The molecule has 0 radical (unpaired) electrons. The molecule has 0 aliphatic rings. The molecule has 0 saturated carbocycles. The quantitative estimate of drug-likeness (QED) is 0.460. The Balaban J connectivity index is 3.88. The fourth-order valence-corrected chi connectivity index (χ4v) is 0.500. The summed E-state index contributed by atoms with van der Waals surface area (Å²) in [6.07, 6.45) is 0. The molecule has 0 aliphatic heterocycles. The van der Waals surface area contributed by atoms with Gasteiger partial charge in [0.1, 0.15) is 3.74 Å². The molecule has 0 spiro atoms. The van der Waals surface area contributed by atoms with E-state index in [2.05, 4.69) is 64.5 Å². The molecule has 0 rings (SSSR count). The van der Waals surface area contributed by atoms with Crippen molar-refractivity contribution >= 4 is 31.9 Å². The van der Waals surface area contributed by atoms with Crippen molar-refractivity contribution in [3.05, 3.63) is 0 Å². The van der Waals surface area contributed by atoms with Gasteiger partial charge in [0, 0.05) is 5.41 Å². The molecule has 52 valence electrons. The molecule has 0 N–H and O–H groups in total. The van der Waals surface area contributed by atoms with Gasteiger partial charge in [-0.3, -0.25) is 0 Å². The second kappa shape index (κ2) is 3.63. The third-order valence-corrected chi connectivity index (χ3v) is 1.01. The maximum atomic E-state index is 3.27. The van der Waals surface area contributed by atoms with Gasteiger partial charge in [0.15, 0.2) is 0 Å². The predicted molar refractivity (Wildman–Crippen MR) is 48.9 cm³/mol. The first-order valence-electron chi connectivity index (χ1n) is 2.73. The largest absolute Gasteiger partial charge is 0.130 e. The minimum absolute atomic E-state index is 0.111. The van der Waals surface area contributed by atoms with Crippen molar-refractivity contribution in [1.82, 2.24) is 0 Å². The van der Waals surface area contributed by atoms with Crippen LogP contribution in [0.4, 0.5) is 0 Å². The smallest absolute Gasteiger partial charge is 0.0953 e. The molecular formula is C7H10Br2. The fraction of sp³-hybridized carbons (Fsp3) is 0.714. The highest BCUT2D eigenvalue weighted by Crippen LogP contribution is 2.12. The van der Waals surface area contributed by atoms with Gasteiger partial charge in [-0.15, -0.1) is 0 Å². The van der Waals surface area contributed by atoms with Crippen LogP contribution < -0.4 is 0 Å². The molecule has 0 saturated heterocycles. The lowest BCUT2D eigenvalue weighted by Crippen LogP contribution is -1.99. The first-order chi connectivity index (χ1) is 3.92. The monoisotopic (exact) mass is 252 g/mol. The van der Waals surface area contributed by atoms with E-state index in [0.717, 1.165) is 0 Å². The highest BCUT2D eigenvalue weighted by Gasteiger charge is 2.03. The number of alkyl halides is 2. The van der Waals surface area contributed by atoms with Gasteiger partial charge in [-0.2, -0.15) is 0 Å². The Morgan fingerprint density at radius 1 is 1.22 bits per heavy atom. The van der Waals surface area contributed by atoms with Gasteiger partial charge in [0.2, 0.25) is 0 Å². The van der Waals surface area contributed by atoms with Crippen molar-refractivity contribution in [3.63, 3.8) is 0 Å². The van der Waals surface area contributed by atoms with Crippen LogP contribution >= 0.6 is 31.9 Å². The predicted octanol–water partition coefficient (Wildman–Crippen LogP) is 3.15. The van der Waals surface area contributed by atoms with E-state index >= 15 is 0 Å². The Morgan fingerprint density at radius 3 is 1.78 bits per heavy atom. The average molecular weight is 254 g/mol. The molecule has 0 bridgehead atoms. The first-order valence-corrected chi connectivity index (χ1v) is 4.56. The van der Waals surface area contributed by atoms with Crippen LogP contribution in [0.2, 0.25) is 0 Å². The summed E-state index contributed by atoms with van der Waals surface area (Å²) in [7, 11) is 0. The van der Waals surface area contributed by atoms with Crippen molar-refractivity contribution in [3.8, 4) is 11.8 Å². The number of hydrogen-bond acceptors (Lipinski definition) is 0. The Hall–Kier alpha value is 0.520. The van der Waals surface area contributed by atoms with Crippen molar-refractivity contribution in [1.29, 1.82) is 0 Å². The Labute approximate surface area is 73.7 Å². The zero-order chi connectivity index (χ0) is 7.49. The molecule has 2 heteroatoms. The van der Waals surface area contributed by atoms with Gasteiger partial charge >= 0.3 is 0 Å². The maximum absolute atomic E-state index is 3.27. The summed E-state index contributed by atoms with van der Waals surface area (Å²) >= 11 is 6.54. The molecule has 9 heavy (non-hydrogen) atoms. The highest BCUT2D eigenvalue weighted by atomic mass is 79.9. The van der Waals surface area contributed by atoms with Crippen LogP contribution in [-0.4, -0.2) is 3.74 Å². The lowest BCUT2D eigenvalue weighted by Gasteiger charge is -2.06. The van der Waals surface area contributed by atoms with Gasteiger partial charge in [-0.1, -0.05) is 43.7 Å². The summed E-state index contributed by atoms with van der Waals surface area (Å²) in [4.78, 5) is 0. The summed E-state index contributed by atoms with van der Waals surface area (Å²) in [5.74, 6) is 6.05. The number of rotatable bonds is 0. The van der Waals surface area contributed by atoms with E-state index in [1.54, 1.807) is 0 Å². The molecule has 0 aromatic carbocycles. The molecule has 0 atom stereocenters. The standard InChI is InChI=1S/C7H10Br2/c1-7(2,3)5-4-6(8)9/h6H,1-3H3. The highest BCUT2D eigenvalue weighted by molar-refractivity contribution is 9.24. The minimum atomic E-state index is 0.111. The zero-order valence-corrected chi connectivity index (χ0v) is 9.01. The summed E-state index contributed by atoms with van der Waals surface area (Å²) < 4.78 is 0.129. The van der Waals surface area contributed by atoms with E-state index in [1.807, 2.05) is 0 Å². The van der Waals surface area contributed by atoms with Gasteiger partial charge < -0.3 is 0 Å². The number of halogens is 2. The van der Waals surface area contributed by atoms with Crippen LogP contribution in [-0.2, 0) is 0 Å². The lowest BCUT2D eigenvalue weighted by molar-refractivity contribution is 0.570. The summed E-state index contributed by atoms with van der Waals surface area (Å²) in [5.41, 5.74) is 0.111. The zero-order valence-electron chi connectivity index (χ0n) is 5.83. The molecule has 0 amide bonds. The van der Waals surface area contributed by atoms with Crippen molar-refractivity contribution in [2.45, 2.75) is 24.5 Å². The summed E-state index contributed by atoms with van der Waals surface area (Å²) in [6, 6.07) is 0. The molecule has 0 aliphatic carbocycles. The van der Waals surface area contributed by atoms with Gasteiger partial charge in [-0.25, -0.2) is 0 Å². The molecule has 0 nitrogen and oxygen atoms in total. The van der Waals surface area contributed by atoms with Crippen LogP contribution in [0.15, 0.2) is 0 Å². The van der Waals surface area contributed by atoms with Gasteiger partial charge in [-0.05, 0) is 20.8 Å². The Bertz CT molecular complexity index is 131. The molecule has 0 aromatic rings. The minimum Gasteiger partial charge on any atom is -0.0953 e. The van der Waals surface area contributed by atoms with E-state index in [9.17, 15) is 0 Å². The van der Waals surface area contributed by atoms with E-state index in [1.165, 1.54) is 0 Å². The average Bonchev–Trinajstić information content (AvgIpc) is 1.59. The first kappa shape index (κ1) is 9.52. The molecule has 0 heterocycles. The number of hydrogen-bond donors (Lipinski definition) is 0. The molecule has 0 aromatic heterocycles. The fourth-order valence-electron chi connectivity index (χ4n) is 0.271. The van der Waals surface area contributed by atoms with E-state index < -0.39 is 0 Å². The van der Waals surface area contributed by atoms with E-state index in [-0.39, 0.29) is 9.15 Å². The van der Waals surface area contributed by atoms with Crippen LogP contribution in [0, 0.1) is 17.3 Å². The van der Waals surface area contributed by atoms with E-state index in [4.69, 9.17) is 0 Å². The molecular weight excluding hydrogens is 244 g/mol. The normalized spacial score (nSPS) is 10.9. The van der Waals surface area contributed by atoms with Gasteiger partial charge in [0.05, 0.1) is 0 Å². The Kier molecular flexibility index (Phi) is 3.84. The molecule has 0 unspecified atom stereocenters. The van der Waals surface area contributed by atoms with Crippen LogP contribution in [0.3, 0.4) is 0 Å². The second-order valence-electron chi connectivity index (χ2n) is 2.82. The van der Waals surface area contributed by atoms with Crippen molar-refractivity contribution in [2.24, 2.45) is 5.41 Å². The third kappa shape index (κ3) is 8.52. The molecule has 0 fully saturated rings. The summed E-state index contributed by atoms with van der Waals surface area (Å²) in [6.45, 7) is 6.26. The summed E-state index contributed by atoms with van der Waals surface area (Å²) in [5, 5.41) is 0. The maximum Gasteiger partial charge on any atom is 0.130 e. The lowest BCUT2D eigenvalue weighted by atomic mass is 9.98. The van der Waals surface area contributed by atoms with E-state index in [0.29, 0.717) is 0 Å². The van der Waals surface area contributed by atoms with Gasteiger partial charge in [0.25, 0.3) is 0 Å². The SMILES string of the molecule is CC(C)(C)C#CC(Br)Br. The van der Waals surface area contributed by atoms with Crippen LogP contribution in [0.5, 0.6) is 0 Å².